The number of hydrogen-bond donors (Lipinski definition) is 1. The molecule has 2 aliphatic carbocycles. The van der Waals surface area contributed by atoms with Crippen molar-refractivity contribution in [2.24, 2.45) is 23.2 Å². The topological polar surface area (TPSA) is 38.7 Å². The van der Waals surface area contributed by atoms with Gasteiger partial charge in [0.2, 0.25) is 0 Å². The molecule has 142 valence electrons. The Labute approximate surface area is 157 Å². The van der Waals surface area contributed by atoms with Crippen molar-refractivity contribution in [2.45, 2.75) is 65.1 Å². The summed E-state index contributed by atoms with van der Waals surface area (Å²) in [7, 11) is 1.66. The van der Waals surface area contributed by atoms with Crippen LogP contribution in [0.3, 0.4) is 0 Å². The lowest BCUT2D eigenvalue weighted by molar-refractivity contribution is -0.0806. The molecule has 0 bridgehead atoms. The number of rotatable bonds is 1. The number of aliphatic hydroxyl groups excluding tert-OH is 1. The molecule has 0 radical (unpaired) electrons. The van der Waals surface area contributed by atoms with Crippen LogP contribution in [-0.4, -0.2) is 17.8 Å². The summed E-state index contributed by atoms with van der Waals surface area (Å²) in [6.45, 7) is 9.28. The van der Waals surface area contributed by atoms with Crippen LogP contribution in [0.4, 0.5) is 0 Å². The third kappa shape index (κ3) is 2.67. The zero-order chi connectivity index (χ0) is 18.7. The van der Waals surface area contributed by atoms with E-state index in [0.29, 0.717) is 17.3 Å². The average molecular weight is 357 g/mol. The summed E-state index contributed by atoms with van der Waals surface area (Å²) in [6.07, 6.45) is 6.15. The Balaban J connectivity index is 1.70. The van der Waals surface area contributed by atoms with Gasteiger partial charge in [0.1, 0.15) is 17.1 Å². The largest absolute Gasteiger partial charge is 0.497 e. The predicted octanol–water partition coefficient (Wildman–Crippen LogP) is 5.29. The van der Waals surface area contributed by atoms with Crippen molar-refractivity contribution in [1.82, 2.24) is 0 Å². The normalized spacial score (nSPS) is 38.0. The van der Waals surface area contributed by atoms with Crippen LogP contribution in [0.1, 0.15) is 65.0 Å². The van der Waals surface area contributed by atoms with E-state index >= 15 is 0 Å². The molecule has 0 unspecified atom stereocenters. The molecule has 3 aliphatic rings. The fourth-order valence-corrected chi connectivity index (χ4v) is 5.69. The van der Waals surface area contributed by atoms with Gasteiger partial charge < -0.3 is 14.6 Å². The summed E-state index contributed by atoms with van der Waals surface area (Å²) in [5.74, 6) is 3.06. The van der Waals surface area contributed by atoms with Crippen LogP contribution in [0.15, 0.2) is 29.8 Å². The Hall–Kier alpha value is -1.48. The van der Waals surface area contributed by atoms with Crippen molar-refractivity contribution in [1.29, 1.82) is 0 Å². The number of ether oxygens (including phenoxy) is 2. The molecular formula is C23H32O3. The maximum absolute atomic E-state index is 11.2. The van der Waals surface area contributed by atoms with Gasteiger partial charge in [-0.25, -0.2) is 0 Å². The van der Waals surface area contributed by atoms with Gasteiger partial charge in [-0.2, -0.15) is 0 Å². The van der Waals surface area contributed by atoms with Crippen molar-refractivity contribution >= 4 is 0 Å². The van der Waals surface area contributed by atoms with Gasteiger partial charge in [-0.05, 0) is 75.0 Å². The van der Waals surface area contributed by atoms with Gasteiger partial charge in [-0.3, -0.25) is 0 Å². The molecule has 1 saturated carbocycles. The third-order valence-electron chi connectivity index (χ3n) is 7.51. The van der Waals surface area contributed by atoms with E-state index in [1.807, 2.05) is 18.2 Å². The first kappa shape index (κ1) is 17.9. The molecule has 1 fully saturated rings. The molecule has 0 aromatic heterocycles. The van der Waals surface area contributed by atoms with Crippen molar-refractivity contribution < 1.29 is 14.6 Å². The van der Waals surface area contributed by atoms with Crippen LogP contribution in [0.2, 0.25) is 0 Å². The van der Waals surface area contributed by atoms with Gasteiger partial charge in [-0.15, -0.1) is 0 Å². The minimum Gasteiger partial charge on any atom is -0.497 e. The van der Waals surface area contributed by atoms with Crippen LogP contribution in [-0.2, 0) is 0 Å². The van der Waals surface area contributed by atoms with E-state index in [4.69, 9.17) is 9.47 Å². The summed E-state index contributed by atoms with van der Waals surface area (Å²) in [6, 6.07) is 5.79. The van der Waals surface area contributed by atoms with Gasteiger partial charge in [0.25, 0.3) is 0 Å². The minimum absolute atomic E-state index is 0.0673. The number of methoxy groups -OCH3 is 1. The molecule has 0 spiro atoms. The van der Waals surface area contributed by atoms with Crippen LogP contribution in [0.25, 0.3) is 0 Å². The second-order valence-corrected chi connectivity index (χ2v) is 9.50. The standard InChI is InChI=1S/C23H32O3/c1-14-6-8-19-21(24)16-12-15(25-5)7-9-20(16)26-23(19,4)11-10-18-17(14)13-22(18,2)3/h6-7,9,12,17-19,21,24H,8,10-11,13H2,1-5H3/t17-,18-,19+,21-,23-/m1/s1. The maximum atomic E-state index is 11.2. The molecule has 5 atom stereocenters. The van der Waals surface area contributed by atoms with E-state index in [-0.39, 0.29) is 11.5 Å². The molecule has 0 saturated heterocycles. The highest BCUT2D eigenvalue weighted by molar-refractivity contribution is 5.44. The van der Waals surface area contributed by atoms with Crippen molar-refractivity contribution in [3.63, 3.8) is 0 Å². The monoisotopic (exact) mass is 356 g/mol. The predicted molar refractivity (Wildman–Crippen MR) is 103 cm³/mol. The lowest BCUT2D eigenvalue weighted by Gasteiger charge is -2.53. The number of fused-ring (bicyclic) bond motifs is 3. The quantitative estimate of drug-likeness (QED) is 0.695. The summed E-state index contributed by atoms with van der Waals surface area (Å²) in [5, 5.41) is 11.2. The SMILES string of the molecule is COc1ccc2c(c1)[C@@H](O)[C@@H]1CC=C(C)[C@H]3CC(C)(C)[C@@H]3CC[C@@]1(C)O2. The van der Waals surface area contributed by atoms with E-state index in [1.54, 1.807) is 7.11 Å². The molecular weight excluding hydrogens is 324 g/mol. The highest BCUT2D eigenvalue weighted by Gasteiger charge is 2.52. The van der Waals surface area contributed by atoms with E-state index in [0.717, 1.165) is 36.3 Å². The van der Waals surface area contributed by atoms with Gasteiger partial charge >= 0.3 is 0 Å². The molecule has 1 aliphatic heterocycles. The second-order valence-electron chi connectivity index (χ2n) is 9.50. The highest BCUT2D eigenvalue weighted by atomic mass is 16.5. The fourth-order valence-electron chi connectivity index (χ4n) is 5.69. The van der Waals surface area contributed by atoms with Gasteiger partial charge in [-0.1, -0.05) is 25.5 Å². The zero-order valence-electron chi connectivity index (χ0n) is 16.7. The molecule has 1 heterocycles. The Morgan fingerprint density at radius 2 is 1.96 bits per heavy atom. The summed E-state index contributed by atoms with van der Waals surface area (Å²) >= 11 is 0. The van der Waals surface area contributed by atoms with Crippen LogP contribution in [0.5, 0.6) is 11.5 Å². The smallest absolute Gasteiger partial charge is 0.126 e. The summed E-state index contributed by atoms with van der Waals surface area (Å²) in [4.78, 5) is 0. The van der Waals surface area contributed by atoms with Gasteiger partial charge in [0.15, 0.2) is 0 Å². The zero-order valence-corrected chi connectivity index (χ0v) is 16.7. The summed E-state index contributed by atoms with van der Waals surface area (Å²) < 4.78 is 11.9. The van der Waals surface area contributed by atoms with Gasteiger partial charge in [0.05, 0.1) is 13.2 Å². The summed E-state index contributed by atoms with van der Waals surface area (Å²) in [5.41, 5.74) is 2.44. The van der Waals surface area contributed by atoms with E-state index in [1.165, 1.54) is 12.0 Å². The maximum Gasteiger partial charge on any atom is 0.126 e. The lowest BCUT2D eigenvalue weighted by atomic mass is 9.52. The first-order chi connectivity index (χ1) is 12.2. The minimum atomic E-state index is -0.522. The molecule has 1 aromatic carbocycles. The Bertz CT molecular complexity index is 735. The molecule has 1 N–H and O–H groups in total. The van der Waals surface area contributed by atoms with Crippen LogP contribution in [0, 0.1) is 23.2 Å². The molecule has 3 nitrogen and oxygen atoms in total. The first-order valence-electron chi connectivity index (χ1n) is 9.97. The average Bonchev–Trinajstić information content (AvgIpc) is 2.62. The van der Waals surface area contributed by atoms with Crippen molar-refractivity contribution in [2.75, 3.05) is 7.11 Å². The van der Waals surface area contributed by atoms with E-state index < -0.39 is 6.10 Å². The Morgan fingerprint density at radius 1 is 1.19 bits per heavy atom. The molecule has 1 aromatic rings. The van der Waals surface area contributed by atoms with Crippen LogP contribution < -0.4 is 9.47 Å². The molecule has 4 rings (SSSR count). The van der Waals surface area contributed by atoms with E-state index in [2.05, 4.69) is 33.8 Å². The van der Waals surface area contributed by atoms with Crippen molar-refractivity contribution in [3.8, 4) is 11.5 Å². The third-order valence-corrected chi connectivity index (χ3v) is 7.51. The second kappa shape index (κ2) is 6.02. The highest BCUT2D eigenvalue weighted by Crippen LogP contribution is 2.58. The Morgan fingerprint density at radius 3 is 2.65 bits per heavy atom. The lowest BCUT2D eigenvalue weighted by Crippen LogP contribution is -2.49. The number of hydrogen-bond acceptors (Lipinski definition) is 3. The van der Waals surface area contributed by atoms with Gasteiger partial charge in [0, 0.05) is 11.5 Å². The number of allylic oxidation sites excluding steroid dienone is 2. The van der Waals surface area contributed by atoms with E-state index in [9.17, 15) is 5.11 Å². The van der Waals surface area contributed by atoms with Crippen LogP contribution >= 0.6 is 0 Å². The first-order valence-corrected chi connectivity index (χ1v) is 9.97. The fraction of sp³-hybridized carbons (Fsp3) is 0.652. The Kier molecular flexibility index (Phi) is 4.15. The molecule has 26 heavy (non-hydrogen) atoms. The van der Waals surface area contributed by atoms with Crippen molar-refractivity contribution in [3.05, 3.63) is 35.4 Å². The number of benzene rings is 1. The molecule has 0 amide bonds. The molecule has 3 heteroatoms. The number of aliphatic hydroxyl groups is 1.